The number of rotatable bonds is 5. The number of hydrogen-bond donors (Lipinski definition) is 1. The molecule has 1 N–H and O–H groups in total. The van der Waals surface area contributed by atoms with Crippen molar-refractivity contribution in [2.45, 2.75) is 19.3 Å². The molecule has 2 heterocycles. The average molecular weight is 521 g/mol. The van der Waals surface area contributed by atoms with E-state index < -0.39 is 10.8 Å². The molecule has 34 heavy (non-hydrogen) atoms. The monoisotopic (exact) mass is 520 g/mol. The number of aromatic nitrogens is 1. The van der Waals surface area contributed by atoms with Crippen LogP contribution in [0.4, 0.5) is 17.1 Å². The van der Waals surface area contributed by atoms with Gasteiger partial charge in [0, 0.05) is 40.4 Å². The molecule has 0 spiro atoms. The third-order valence-electron chi connectivity index (χ3n) is 5.85. The van der Waals surface area contributed by atoms with Gasteiger partial charge in [-0.2, -0.15) is 0 Å². The quantitative estimate of drug-likeness (QED) is 0.241. The predicted octanol–water partition coefficient (Wildman–Crippen LogP) is 6.41. The van der Waals surface area contributed by atoms with E-state index in [9.17, 15) is 14.9 Å². The second-order valence-electron chi connectivity index (χ2n) is 8.17. The first kappa shape index (κ1) is 22.1. The molecule has 0 radical (unpaired) electrons. The lowest BCUT2D eigenvalue weighted by atomic mass is 10.1. The lowest BCUT2D eigenvalue weighted by Crippen LogP contribution is -2.30. The first-order valence-corrected chi connectivity index (χ1v) is 11.8. The Labute approximate surface area is 203 Å². The van der Waals surface area contributed by atoms with Gasteiger partial charge in [0.1, 0.15) is 11.2 Å². The van der Waals surface area contributed by atoms with E-state index in [1.54, 1.807) is 30.3 Å². The number of piperidine rings is 1. The van der Waals surface area contributed by atoms with Gasteiger partial charge in [-0.3, -0.25) is 14.9 Å². The Morgan fingerprint density at radius 3 is 2.65 bits per heavy atom. The summed E-state index contributed by atoms with van der Waals surface area (Å²) in [6.07, 6.45) is 3.14. The van der Waals surface area contributed by atoms with Crippen LogP contribution in [0.15, 0.2) is 69.6 Å². The number of oxazole rings is 1. The van der Waals surface area contributed by atoms with Crippen molar-refractivity contribution in [1.82, 2.24) is 4.98 Å². The van der Waals surface area contributed by atoms with Gasteiger partial charge in [0.15, 0.2) is 5.58 Å². The molecule has 1 aliphatic rings. The minimum atomic E-state index is -0.427. The maximum absolute atomic E-state index is 12.9. The van der Waals surface area contributed by atoms with E-state index in [1.165, 1.54) is 6.07 Å². The molecule has 1 fully saturated rings. The second kappa shape index (κ2) is 9.26. The van der Waals surface area contributed by atoms with Crippen LogP contribution < -0.4 is 10.2 Å². The molecular weight excluding hydrogens is 500 g/mol. The number of carbonyl (C=O) groups is 1. The van der Waals surface area contributed by atoms with E-state index in [1.807, 2.05) is 29.2 Å². The first-order valence-electron chi connectivity index (χ1n) is 11.0. The van der Waals surface area contributed by atoms with Crippen LogP contribution in [0, 0.1) is 10.1 Å². The number of carbonyl (C=O) groups excluding carboxylic acids is 1. The zero-order valence-electron chi connectivity index (χ0n) is 18.2. The zero-order valence-corrected chi connectivity index (χ0v) is 19.7. The minimum absolute atomic E-state index is 0.0554. The smallest absolute Gasteiger partial charge is 0.293 e. The highest BCUT2D eigenvalue weighted by Crippen LogP contribution is 2.32. The number of halogens is 1. The van der Waals surface area contributed by atoms with Gasteiger partial charge >= 0.3 is 0 Å². The van der Waals surface area contributed by atoms with Crippen LogP contribution >= 0.6 is 15.9 Å². The van der Waals surface area contributed by atoms with E-state index in [0.29, 0.717) is 28.4 Å². The SMILES string of the molecule is O=C(Nc1ccc2oc(-c3cccc(Br)c3)nc2c1)c1ccc(N2CCCCC2)c([N+](=O)[O-])c1. The van der Waals surface area contributed by atoms with Gasteiger partial charge in [-0.15, -0.1) is 0 Å². The second-order valence-corrected chi connectivity index (χ2v) is 9.09. The number of nitro groups is 1. The Kier molecular flexibility index (Phi) is 6.02. The predicted molar refractivity (Wildman–Crippen MR) is 134 cm³/mol. The third-order valence-corrected chi connectivity index (χ3v) is 6.34. The molecule has 9 heteroatoms. The van der Waals surface area contributed by atoms with Gasteiger partial charge in [-0.1, -0.05) is 22.0 Å². The summed E-state index contributed by atoms with van der Waals surface area (Å²) >= 11 is 3.44. The molecule has 0 saturated carbocycles. The van der Waals surface area contributed by atoms with Crippen molar-refractivity contribution in [3.05, 3.63) is 80.8 Å². The molecule has 0 atom stereocenters. The molecule has 0 aliphatic carbocycles. The molecular formula is C25H21BrN4O4. The highest BCUT2D eigenvalue weighted by molar-refractivity contribution is 9.10. The number of nitrogens with zero attached hydrogens (tertiary/aromatic N) is 3. The normalized spacial score (nSPS) is 13.7. The molecule has 1 amide bonds. The zero-order chi connectivity index (χ0) is 23.7. The Hall–Kier alpha value is -3.72. The summed E-state index contributed by atoms with van der Waals surface area (Å²) in [5, 5.41) is 14.5. The van der Waals surface area contributed by atoms with Crippen LogP contribution in [0.5, 0.6) is 0 Å². The Bertz CT molecular complexity index is 1390. The minimum Gasteiger partial charge on any atom is -0.436 e. The van der Waals surface area contributed by atoms with Crippen LogP contribution in [-0.4, -0.2) is 28.9 Å². The van der Waals surface area contributed by atoms with E-state index in [-0.39, 0.29) is 11.3 Å². The summed E-state index contributed by atoms with van der Waals surface area (Å²) in [4.78, 5) is 30.7. The highest BCUT2D eigenvalue weighted by atomic mass is 79.9. The number of anilines is 2. The summed E-state index contributed by atoms with van der Waals surface area (Å²) in [5.41, 5.74) is 3.27. The number of fused-ring (bicyclic) bond motifs is 1. The van der Waals surface area contributed by atoms with Crippen LogP contribution in [-0.2, 0) is 0 Å². The number of nitro benzene ring substituents is 1. The van der Waals surface area contributed by atoms with E-state index in [0.717, 1.165) is 42.4 Å². The van der Waals surface area contributed by atoms with Crippen molar-refractivity contribution >= 4 is 50.0 Å². The van der Waals surface area contributed by atoms with E-state index in [4.69, 9.17) is 4.42 Å². The van der Waals surface area contributed by atoms with Crippen LogP contribution in [0.2, 0.25) is 0 Å². The Morgan fingerprint density at radius 2 is 1.88 bits per heavy atom. The van der Waals surface area contributed by atoms with Gasteiger partial charge in [0.05, 0.1) is 4.92 Å². The molecule has 0 unspecified atom stereocenters. The number of amides is 1. The van der Waals surface area contributed by atoms with Gasteiger partial charge in [-0.05, 0) is 67.8 Å². The van der Waals surface area contributed by atoms with Gasteiger partial charge in [0.2, 0.25) is 5.89 Å². The van der Waals surface area contributed by atoms with Crippen molar-refractivity contribution < 1.29 is 14.1 Å². The topological polar surface area (TPSA) is 102 Å². The van der Waals surface area contributed by atoms with E-state index >= 15 is 0 Å². The molecule has 1 aromatic heterocycles. The van der Waals surface area contributed by atoms with Crippen molar-refractivity contribution in [2.75, 3.05) is 23.3 Å². The van der Waals surface area contributed by atoms with Crippen molar-refractivity contribution in [2.24, 2.45) is 0 Å². The molecule has 172 valence electrons. The van der Waals surface area contributed by atoms with Gasteiger partial charge in [0.25, 0.3) is 11.6 Å². The maximum Gasteiger partial charge on any atom is 0.293 e. The fraction of sp³-hybridized carbons (Fsp3) is 0.200. The van der Waals surface area contributed by atoms with E-state index in [2.05, 4.69) is 26.2 Å². The molecule has 8 nitrogen and oxygen atoms in total. The number of hydrogen-bond acceptors (Lipinski definition) is 6. The lowest BCUT2D eigenvalue weighted by molar-refractivity contribution is -0.384. The fourth-order valence-corrected chi connectivity index (χ4v) is 4.57. The fourth-order valence-electron chi connectivity index (χ4n) is 4.17. The summed E-state index contributed by atoms with van der Waals surface area (Å²) in [6.45, 7) is 1.57. The highest BCUT2D eigenvalue weighted by Gasteiger charge is 2.23. The maximum atomic E-state index is 12.9. The molecule has 0 bridgehead atoms. The molecule has 5 rings (SSSR count). The Morgan fingerprint density at radius 1 is 1.06 bits per heavy atom. The van der Waals surface area contributed by atoms with Crippen LogP contribution in [0.1, 0.15) is 29.6 Å². The lowest BCUT2D eigenvalue weighted by Gasteiger charge is -2.28. The number of benzene rings is 3. The largest absolute Gasteiger partial charge is 0.436 e. The third kappa shape index (κ3) is 4.51. The summed E-state index contributed by atoms with van der Waals surface area (Å²) in [6, 6.07) is 17.4. The average Bonchev–Trinajstić information content (AvgIpc) is 3.28. The standard InChI is InChI=1S/C25H21BrN4O4/c26-18-6-4-5-17(13-18)25-28-20-15-19(8-10-23(20)34-25)27-24(31)16-7-9-21(22(14-16)30(32)33)29-11-2-1-3-12-29/h4-10,13-15H,1-3,11-12H2,(H,27,31). The van der Waals surface area contributed by atoms with Gasteiger partial charge < -0.3 is 14.6 Å². The van der Waals surface area contributed by atoms with Crippen molar-refractivity contribution in [3.63, 3.8) is 0 Å². The Balaban J connectivity index is 1.38. The summed E-state index contributed by atoms with van der Waals surface area (Å²) in [5.74, 6) is 0.0482. The molecule has 1 aliphatic heterocycles. The van der Waals surface area contributed by atoms with Crippen molar-refractivity contribution in [3.8, 4) is 11.5 Å². The van der Waals surface area contributed by atoms with Crippen LogP contribution in [0.25, 0.3) is 22.6 Å². The summed E-state index contributed by atoms with van der Waals surface area (Å²) < 4.78 is 6.76. The van der Waals surface area contributed by atoms with Crippen LogP contribution in [0.3, 0.4) is 0 Å². The first-order chi connectivity index (χ1) is 16.5. The van der Waals surface area contributed by atoms with Crippen molar-refractivity contribution in [1.29, 1.82) is 0 Å². The molecule has 3 aromatic carbocycles. The number of nitrogens with one attached hydrogen (secondary N) is 1. The summed E-state index contributed by atoms with van der Waals surface area (Å²) in [7, 11) is 0. The van der Waals surface area contributed by atoms with Gasteiger partial charge in [-0.25, -0.2) is 4.98 Å². The molecule has 4 aromatic rings. The molecule has 1 saturated heterocycles.